The van der Waals surface area contributed by atoms with Crippen LogP contribution < -0.4 is 4.90 Å². The van der Waals surface area contributed by atoms with Gasteiger partial charge in [-0.2, -0.15) is 23.0 Å². The predicted molar refractivity (Wildman–Crippen MR) is 145 cm³/mol. The van der Waals surface area contributed by atoms with Gasteiger partial charge in [0.2, 0.25) is 0 Å². The zero-order valence-electron chi connectivity index (χ0n) is 23.4. The summed E-state index contributed by atoms with van der Waals surface area (Å²) in [7, 11) is 1.78. The number of aromatic nitrogens is 2. The highest BCUT2D eigenvalue weighted by atomic mass is 19.4. The summed E-state index contributed by atoms with van der Waals surface area (Å²) in [5.41, 5.74) is 1.87. The molecule has 41 heavy (non-hydrogen) atoms. The third-order valence-corrected chi connectivity index (χ3v) is 7.88. The Balaban J connectivity index is 1.57. The highest BCUT2D eigenvalue weighted by molar-refractivity contribution is 5.98. The molecule has 2 unspecified atom stereocenters. The van der Waals surface area contributed by atoms with Crippen molar-refractivity contribution < 1.29 is 31.9 Å². The molecule has 0 N–H and O–H groups in total. The highest BCUT2D eigenvalue weighted by Crippen LogP contribution is 2.44. The molecule has 2 atom stereocenters. The van der Waals surface area contributed by atoms with Gasteiger partial charge in [0.1, 0.15) is 17.6 Å². The number of hydrogen-bond acceptors (Lipinski definition) is 6. The monoisotopic (exact) mass is 573 g/mol. The molecule has 0 radical (unpaired) electrons. The number of likely N-dealkylation sites (tertiary alicyclic amines) is 1. The van der Waals surface area contributed by atoms with Crippen LogP contribution in [0.3, 0.4) is 0 Å². The van der Waals surface area contributed by atoms with Gasteiger partial charge in [-0.15, -0.1) is 0 Å². The number of urea groups is 1. The number of carbonyl (C=O) groups is 2. The normalized spacial score (nSPS) is 19.9. The average Bonchev–Trinajstić information content (AvgIpc) is 3.55. The molecule has 2 fully saturated rings. The first-order valence-electron chi connectivity index (χ1n) is 13.7. The van der Waals surface area contributed by atoms with E-state index in [2.05, 4.69) is 5.10 Å². The van der Waals surface area contributed by atoms with Crippen molar-refractivity contribution in [3.05, 3.63) is 70.8 Å². The minimum Gasteiger partial charge on any atom is -0.469 e. The first-order valence-corrected chi connectivity index (χ1v) is 13.7. The number of furan rings is 1. The maximum Gasteiger partial charge on any atom is 0.409 e. The Bertz CT molecular complexity index is 1380. The molecule has 0 bridgehead atoms. The number of alkyl halides is 3. The molecule has 2 aromatic heterocycles. The number of carbonyl (C=O) groups excluding carboxylic acids is 2. The number of rotatable bonds is 5. The molecule has 3 aromatic rings. The van der Waals surface area contributed by atoms with Crippen molar-refractivity contribution >= 4 is 17.8 Å². The molecule has 1 aromatic carbocycles. The molecule has 0 saturated carbocycles. The molecular weight excluding hydrogens is 539 g/mol. The van der Waals surface area contributed by atoms with Crippen molar-refractivity contribution in [2.45, 2.75) is 51.4 Å². The SMILES string of the molecule is Cc1occc1C(=O)n1nc(C2CCCN(C(=O)N3CCOCC3)C2C(F)(F)F)c(C)c1N(C)Cc1ccccc1. The van der Waals surface area contributed by atoms with Crippen LogP contribution in [0.4, 0.5) is 23.8 Å². The van der Waals surface area contributed by atoms with Crippen LogP contribution in [0.1, 0.15) is 51.7 Å². The van der Waals surface area contributed by atoms with Crippen molar-refractivity contribution in [2.24, 2.45) is 0 Å². The van der Waals surface area contributed by atoms with Crippen LogP contribution in [0.5, 0.6) is 0 Å². The molecule has 4 heterocycles. The van der Waals surface area contributed by atoms with Crippen molar-refractivity contribution in [3.8, 4) is 0 Å². The Morgan fingerprint density at radius 3 is 2.41 bits per heavy atom. The second kappa shape index (κ2) is 11.6. The van der Waals surface area contributed by atoms with Crippen LogP contribution in [0.15, 0.2) is 47.1 Å². The summed E-state index contributed by atoms with van der Waals surface area (Å²) in [6, 6.07) is 8.36. The molecular formula is C29H34F3N5O4. The van der Waals surface area contributed by atoms with E-state index >= 15 is 0 Å². The Morgan fingerprint density at radius 1 is 1.07 bits per heavy atom. The second-order valence-electron chi connectivity index (χ2n) is 10.6. The minimum absolute atomic E-state index is 0.00939. The Kier molecular flexibility index (Phi) is 8.12. The van der Waals surface area contributed by atoms with Crippen LogP contribution in [-0.4, -0.2) is 83.6 Å². The van der Waals surface area contributed by atoms with Crippen LogP contribution >= 0.6 is 0 Å². The molecule has 12 heteroatoms. The highest BCUT2D eigenvalue weighted by Gasteiger charge is 2.54. The lowest BCUT2D eigenvalue weighted by molar-refractivity contribution is -0.189. The Morgan fingerprint density at radius 2 is 1.78 bits per heavy atom. The number of piperidine rings is 1. The largest absolute Gasteiger partial charge is 0.469 e. The van der Waals surface area contributed by atoms with Crippen LogP contribution in [0, 0.1) is 13.8 Å². The van der Waals surface area contributed by atoms with E-state index in [1.165, 1.54) is 21.9 Å². The van der Waals surface area contributed by atoms with Gasteiger partial charge >= 0.3 is 12.2 Å². The number of aryl methyl sites for hydroxylation is 1. The quantitative estimate of drug-likeness (QED) is 0.428. The summed E-state index contributed by atoms with van der Waals surface area (Å²) in [6.45, 7) is 4.79. The molecule has 2 saturated heterocycles. The lowest BCUT2D eigenvalue weighted by Gasteiger charge is -2.44. The smallest absolute Gasteiger partial charge is 0.409 e. The van der Waals surface area contributed by atoms with Crippen molar-refractivity contribution in [1.82, 2.24) is 19.6 Å². The van der Waals surface area contributed by atoms with Crippen LogP contribution in [0.2, 0.25) is 0 Å². The number of morpholine rings is 1. The number of nitrogens with zero attached hydrogens (tertiary/aromatic N) is 5. The van der Waals surface area contributed by atoms with Gasteiger partial charge in [-0.05, 0) is 38.3 Å². The van der Waals surface area contributed by atoms with E-state index in [4.69, 9.17) is 9.15 Å². The molecule has 5 rings (SSSR count). The van der Waals surface area contributed by atoms with Gasteiger partial charge in [-0.1, -0.05) is 30.3 Å². The van der Waals surface area contributed by atoms with E-state index in [9.17, 15) is 22.8 Å². The van der Waals surface area contributed by atoms with E-state index < -0.39 is 30.1 Å². The molecule has 220 valence electrons. The first-order chi connectivity index (χ1) is 19.6. The number of halogens is 3. The van der Waals surface area contributed by atoms with E-state index in [1.807, 2.05) is 35.2 Å². The fourth-order valence-corrected chi connectivity index (χ4v) is 5.94. The third kappa shape index (κ3) is 5.70. The van der Waals surface area contributed by atoms with Gasteiger partial charge < -0.3 is 23.9 Å². The average molecular weight is 574 g/mol. The molecule has 0 spiro atoms. The third-order valence-electron chi connectivity index (χ3n) is 7.88. The first kappa shape index (κ1) is 28.7. The van der Waals surface area contributed by atoms with Crippen molar-refractivity contribution in [2.75, 3.05) is 44.8 Å². The second-order valence-corrected chi connectivity index (χ2v) is 10.6. The minimum atomic E-state index is -4.70. The zero-order chi connectivity index (χ0) is 29.3. The predicted octanol–water partition coefficient (Wildman–Crippen LogP) is 4.98. The lowest BCUT2D eigenvalue weighted by Crippen LogP contribution is -2.59. The summed E-state index contributed by atoms with van der Waals surface area (Å²) in [5, 5.41) is 4.58. The zero-order valence-corrected chi connectivity index (χ0v) is 23.4. The van der Waals surface area contributed by atoms with E-state index in [0.29, 0.717) is 30.1 Å². The Hall–Kier alpha value is -3.80. The maximum absolute atomic E-state index is 14.8. The lowest BCUT2D eigenvalue weighted by atomic mass is 9.84. The topological polar surface area (TPSA) is 84.0 Å². The number of amides is 2. The number of benzene rings is 1. The molecule has 0 aliphatic carbocycles. The van der Waals surface area contributed by atoms with Crippen LogP contribution in [-0.2, 0) is 11.3 Å². The fraction of sp³-hybridized carbons (Fsp3) is 0.483. The van der Waals surface area contributed by atoms with E-state index in [-0.39, 0.29) is 50.5 Å². The van der Waals surface area contributed by atoms with E-state index in [1.54, 1.807) is 20.9 Å². The molecule has 9 nitrogen and oxygen atoms in total. The van der Waals surface area contributed by atoms with Gasteiger partial charge in [0.25, 0.3) is 5.91 Å². The van der Waals surface area contributed by atoms with Gasteiger partial charge in [0.05, 0.1) is 30.7 Å². The number of anilines is 1. The van der Waals surface area contributed by atoms with Gasteiger partial charge in [0.15, 0.2) is 0 Å². The van der Waals surface area contributed by atoms with Crippen LogP contribution in [0.25, 0.3) is 0 Å². The fourth-order valence-electron chi connectivity index (χ4n) is 5.94. The Labute approximate surface area is 236 Å². The molecule has 2 aliphatic heterocycles. The van der Waals surface area contributed by atoms with E-state index in [0.717, 1.165) is 10.5 Å². The number of ether oxygens (including phenoxy) is 1. The standard InChI is InChI=1S/C29H34F3N5O4/c1-19-24(23-10-7-12-36(25(23)29(30,31)32)28(39)35-13-16-40-17-14-35)33-37(27(38)22-11-15-41-20(22)2)26(19)34(3)18-21-8-5-4-6-9-21/h4-6,8-9,11,15,23,25H,7,10,12-14,16-18H2,1-3H3. The summed E-state index contributed by atoms with van der Waals surface area (Å²) in [4.78, 5) is 31.2. The van der Waals surface area contributed by atoms with Crippen molar-refractivity contribution in [3.63, 3.8) is 0 Å². The summed E-state index contributed by atoms with van der Waals surface area (Å²) >= 11 is 0. The van der Waals surface area contributed by atoms with Crippen molar-refractivity contribution in [1.29, 1.82) is 0 Å². The number of hydrogen-bond donors (Lipinski definition) is 0. The maximum atomic E-state index is 14.8. The summed E-state index contributed by atoms with van der Waals surface area (Å²) in [6.07, 6.45) is -2.76. The van der Waals surface area contributed by atoms with Gasteiger partial charge in [-0.3, -0.25) is 4.79 Å². The van der Waals surface area contributed by atoms with Gasteiger partial charge in [0, 0.05) is 44.7 Å². The molecule has 2 aliphatic rings. The molecule has 2 amide bonds. The summed E-state index contributed by atoms with van der Waals surface area (Å²) in [5.74, 6) is -0.861. The van der Waals surface area contributed by atoms with Gasteiger partial charge in [-0.25, -0.2) is 4.79 Å². The summed E-state index contributed by atoms with van der Waals surface area (Å²) < 4.78 is 56.2.